The molecule has 3 aromatic rings. The van der Waals surface area contributed by atoms with E-state index in [1.807, 2.05) is 32.4 Å². The van der Waals surface area contributed by atoms with E-state index in [4.69, 9.17) is 0 Å². The quantitative estimate of drug-likeness (QED) is 0.710. The van der Waals surface area contributed by atoms with Crippen molar-refractivity contribution in [2.45, 2.75) is 19.8 Å². The van der Waals surface area contributed by atoms with Gasteiger partial charge in [-0.05, 0) is 43.0 Å². The van der Waals surface area contributed by atoms with Crippen LogP contribution in [-0.2, 0) is 13.5 Å². The van der Waals surface area contributed by atoms with Gasteiger partial charge in [0, 0.05) is 39.2 Å². The second-order valence-corrected chi connectivity index (χ2v) is 5.89. The van der Waals surface area contributed by atoms with Gasteiger partial charge in [-0.2, -0.15) is 0 Å². The van der Waals surface area contributed by atoms with E-state index in [0.29, 0.717) is 5.65 Å². The molecule has 24 heavy (non-hydrogen) atoms. The van der Waals surface area contributed by atoms with Crippen molar-refractivity contribution in [2.75, 3.05) is 18.5 Å². The van der Waals surface area contributed by atoms with Crippen LogP contribution in [0.3, 0.4) is 0 Å². The van der Waals surface area contributed by atoms with Crippen LogP contribution in [0.2, 0.25) is 0 Å². The lowest BCUT2D eigenvalue weighted by atomic mass is 10.1. The average Bonchev–Trinajstić information content (AvgIpc) is 2.83. The standard InChI is InChI=1S/C17H21N5O.ClH/c1-13-10-15(16-19-21(3)17(23)22(16)12-13)20(2)9-5-7-14-6-4-8-18-11-14;/h4,6,8,10-12H,5,7,9H2,1-3H3;1H. The smallest absolute Gasteiger partial charge is 0.350 e. The Labute approximate surface area is 147 Å². The zero-order valence-corrected chi connectivity index (χ0v) is 15.0. The molecule has 7 heteroatoms. The van der Waals surface area contributed by atoms with Gasteiger partial charge < -0.3 is 4.90 Å². The van der Waals surface area contributed by atoms with Gasteiger partial charge in [-0.1, -0.05) is 6.07 Å². The topological polar surface area (TPSA) is 55.4 Å². The average molecular weight is 348 g/mol. The van der Waals surface area contributed by atoms with Gasteiger partial charge in [0.2, 0.25) is 0 Å². The zero-order valence-electron chi connectivity index (χ0n) is 14.1. The maximum absolute atomic E-state index is 12.1. The number of hydrogen-bond donors (Lipinski definition) is 0. The van der Waals surface area contributed by atoms with E-state index < -0.39 is 0 Å². The Balaban J connectivity index is 0.00000208. The number of fused-ring (bicyclic) bond motifs is 1. The molecule has 0 bridgehead atoms. The minimum Gasteiger partial charge on any atom is -0.372 e. The Morgan fingerprint density at radius 3 is 2.83 bits per heavy atom. The third-order valence-corrected chi connectivity index (χ3v) is 3.98. The first-order valence-corrected chi connectivity index (χ1v) is 7.72. The van der Waals surface area contributed by atoms with Crippen molar-refractivity contribution in [1.82, 2.24) is 19.2 Å². The van der Waals surface area contributed by atoms with Gasteiger partial charge in [0.25, 0.3) is 0 Å². The lowest BCUT2D eigenvalue weighted by Crippen LogP contribution is -2.21. The molecule has 0 radical (unpaired) electrons. The first kappa shape index (κ1) is 18.0. The first-order valence-electron chi connectivity index (χ1n) is 7.72. The number of aryl methyl sites for hydroxylation is 3. The van der Waals surface area contributed by atoms with E-state index in [1.54, 1.807) is 17.6 Å². The molecule has 6 nitrogen and oxygen atoms in total. The summed E-state index contributed by atoms with van der Waals surface area (Å²) in [4.78, 5) is 18.4. The Hall–Kier alpha value is -2.34. The predicted molar refractivity (Wildman–Crippen MR) is 98.2 cm³/mol. The number of pyridine rings is 2. The van der Waals surface area contributed by atoms with Gasteiger partial charge >= 0.3 is 5.69 Å². The van der Waals surface area contributed by atoms with Crippen molar-refractivity contribution in [3.05, 3.63) is 58.4 Å². The Kier molecular flexibility index (Phi) is 5.62. The van der Waals surface area contributed by atoms with E-state index in [1.165, 1.54) is 10.2 Å². The van der Waals surface area contributed by atoms with Gasteiger partial charge in [-0.15, -0.1) is 17.5 Å². The number of hydrogen-bond acceptors (Lipinski definition) is 4. The molecule has 0 aliphatic rings. The number of nitrogens with zero attached hydrogens (tertiary/aromatic N) is 5. The molecule has 3 rings (SSSR count). The van der Waals surface area contributed by atoms with E-state index in [9.17, 15) is 4.79 Å². The molecule has 0 atom stereocenters. The summed E-state index contributed by atoms with van der Waals surface area (Å²) in [5.74, 6) is 0. The third kappa shape index (κ3) is 3.59. The van der Waals surface area contributed by atoms with Gasteiger partial charge in [-0.25, -0.2) is 13.9 Å². The molecule has 3 aromatic heterocycles. The fraction of sp³-hybridized carbons (Fsp3) is 0.353. The van der Waals surface area contributed by atoms with Crippen LogP contribution in [0.25, 0.3) is 5.65 Å². The molecule has 0 saturated heterocycles. The monoisotopic (exact) mass is 347 g/mol. The van der Waals surface area contributed by atoms with Crippen molar-refractivity contribution in [1.29, 1.82) is 0 Å². The second-order valence-electron chi connectivity index (χ2n) is 5.89. The van der Waals surface area contributed by atoms with Crippen molar-refractivity contribution in [2.24, 2.45) is 7.05 Å². The highest BCUT2D eigenvalue weighted by molar-refractivity contribution is 5.85. The fourth-order valence-electron chi connectivity index (χ4n) is 2.76. The number of anilines is 1. The maximum Gasteiger partial charge on any atom is 0.350 e. The molecule has 0 aliphatic carbocycles. The van der Waals surface area contributed by atoms with E-state index in [0.717, 1.165) is 30.6 Å². The highest BCUT2D eigenvalue weighted by Gasteiger charge is 2.13. The molecule has 0 aliphatic heterocycles. The van der Waals surface area contributed by atoms with Crippen LogP contribution in [0.5, 0.6) is 0 Å². The molecular formula is C17H22ClN5O. The van der Waals surface area contributed by atoms with E-state index in [-0.39, 0.29) is 18.1 Å². The largest absolute Gasteiger partial charge is 0.372 e. The summed E-state index contributed by atoms with van der Waals surface area (Å²) in [5, 5.41) is 4.36. The van der Waals surface area contributed by atoms with Crippen molar-refractivity contribution in [3.63, 3.8) is 0 Å². The summed E-state index contributed by atoms with van der Waals surface area (Å²) < 4.78 is 2.99. The SMILES string of the molecule is Cc1cc(N(C)CCCc2cccnc2)c2nn(C)c(=O)n2c1.Cl. The summed E-state index contributed by atoms with van der Waals surface area (Å²) >= 11 is 0. The number of aromatic nitrogens is 4. The summed E-state index contributed by atoms with van der Waals surface area (Å²) in [6, 6.07) is 6.13. The van der Waals surface area contributed by atoms with Gasteiger partial charge in [0.05, 0.1) is 5.69 Å². The number of rotatable bonds is 5. The zero-order chi connectivity index (χ0) is 16.4. The second kappa shape index (κ2) is 7.49. The molecule has 0 amide bonds. The molecular weight excluding hydrogens is 326 g/mol. The fourth-order valence-corrected chi connectivity index (χ4v) is 2.76. The molecule has 0 saturated carbocycles. The maximum atomic E-state index is 12.1. The van der Waals surface area contributed by atoms with Crippen molar-refractivity contribution in [3.8, 4) is 0 Å². The lowest BCUT2D eigenvalue weighted by molar-refractivity contribution is 0.732. The highest BCUT2D eigenvalue weighted by atomic mass is 35.5. The molecule has 3 heterocycles. The Morgan fingerprint density at radius 2 is 2.12 bits per heavy atom. The minimum atomic E-state index is -0.117. The normalized spacial score (nSPS) is 10.6. The summed E-state index contributed by atoms with van der Waals surface area (Å²) in [6.07, 6.45) is 7.52. The molecule has 128 valence electrons. The van der Waals surface area contributed by atoms with E-state index >= 15 is 0 Å². The highest BCUT2D eigenvalue weighted by Crippen LogP contribution is 2.20. The minimum absolute atomic E-state index is 0. The van der Waals surface area contributed by atoms with Crippen LogP contribution < -0.4 is 10.6 Å². The van der Waals surface area contributed by atoms with Gasteiger partial charge in [0.1, 0.15) is 0 Å². The predicted octanol–water partition coefficient (Wildman–Crippen LogP) is 2.23. The Morgan fingerprint density at radius 1 is 1.33 bits per heavy atom. The van der Waals surface area contributed by atoms with Gasteiger partial charge in [0.15, 0.2) is 5.65 Å². The van der Waals surface area contributed by atoms with Crippen LogP contribution in [-0.4, -0.2) is 32.8 Å². The van der Waals surface area contributed by atoms with Crippen molar-refractivity contribution < 1.29 is 0 Å². The Bertz CT molecular complexity index is 872. The molecule has 0 N–H and O–H groups in total. The summed E-state index contributed by atoms with van der Waals surface area (Å²) in [5.41, 5.74) is 3.85. The van der Waals surface area contributed by atoms with Gasteiger partial charge in [-0.3, -0.25) is 4.98 Å². The molecule has 0 spiro atoms. The van der Waals surface area contributed by atoms with Crippen LogP contribution >= 0.6 is 12.4 Å². The van der Waals surface area contributed by atoms with E-state index in [2.05, 4.69) is 27.1 Å². The summed E-state index contributed by atoms with van der Waals surface area (Å²) in [6.45, 7) is 2.88. The van der Waals surface area contributed by atoms with Crippen LogP contribution in [0, 0.1) is 6.92 Å². The molecule has 0 fully saturated rings. The molecule has 0 unspecified atom stereocenters. The molecule has 0 aromatic carbocycles. The number of halogens is 1. The van der Waals surface area contributed by atoms with Crippen LogP contribution in [0.1, 0.15) is 17.5 Å². The van der Waals surface area contributed by atoms with Crippen LogP contribution in [0.4, 0.5) is 5.69 Å². The first-order chi connectivity index (χ1) is 11.1. The lowest BCUT2D eigenvalue weighted by Gasteiger charge is -2.20. The third-order valence-electron chi connectivity index (χ3n) is 3.98. The summed E-state index contributed by atoms with van der Waals surface area (Å²) in [7, 11) is 3.72. The van der Waals surface area contributed by atoms with Crippen LogP contribution in [0.15, 0.2) is 41.6 Å². The van der Waals surface area contributed by atoms with Crippen molar-refractivity contribution >= 4 is 23.7 Å².